The molecular formula is C24H31N3O3. The average molecular weight is 410 g/mol. The Hall–Kier alpha value is -2.86. The second-order valence-corrected chi connectivity index (χ2v) is 7.71. The number of unbranched alkanes of at least 4 members (excludes halogenated alkanes) is 2. The molecule has 0 aliphatic carbocycles. The van der Waals surface area contributed by atoms with Crippen LogP contribution in [0.4, 0.5) is 5.69 Å². The van der Waals surface area contributed by atoms with E-state index < -0.39 is 5.91 Å². The number of aromatic hydroxyl groups is 1. The van der Waals surface area contributed by atoms with Crippen molar-refractivity contribution in [3.8, 4) is 5.75 Å². The van der Waals surface area contributed by atoms with Crippen molar-refractivity contribution >= 4 is 17.4 Å². The number of hydrogen-bond acceptors (Lipinski definition) is 5. The number of nitrogens with zero attached hydrogens (tertiary/aromatic N) is 2. The highest BCUT2D eigenvalue weighted by Gasteiger charge is 2.17. The van der Waals surface area contributed by atoms with Gasteiger partial charge in [-0.25, -0.2) is 0 Å². The zero-order valence-electron chi connectivity index (χ0n) is 17.6. The fourth-order valence-electron chi connectivity index (χ4n) is 3.84. The number of hydrogen-bond donors (Lipinski definition) is 2. The summed E-state index contributed by atoms with van der Waals surface area (Å²) in [6, 6.07) is 15.0. The van der Waals surface area contributed by atoms with Crippen LogP contribution in [0.2, 0.25) is 0 Å². The van der Waals surface area contributed by atoms with Crippen molar-refractivity contribution in [3.05, 3.63) is 59.7 Å². The third-order valence-corrected chi connectivity index (χ3v) is 5.66. The average Bonchev–Trinajstić information content (AvgIpc) is 2.79. The van der Waals surface area contributed by atoms with Crippen molar-refractivity contribution in [1.29, 1.82) is 0 Å². The first kappa shape index (κ1) is 21.8. The molecule has 6 heteroatoms. The molecule has 30 heavy (non-hydrogen) atoms. The van der Waals surface area contributed by atoms with Gasteiger partial charge < -0.3 is 15.3 Å². The second-order valence-electron chi connectivity index (χ2n) is 7.71. The number of ketones is 1. The van der Waals surface area contributed by atoms with Crippen LogP contribution in [0.3, 0.4) is 0 Å². The minimum atomic E-state index is -0.394. The predicted molar refractivity (Wildman–Crippen MR) is 119 cm³/mol. The van der Waals surface area contributed by atoms with Crippen LogP contribution >= 0.6 is 0 Å². The van der Waals surface area contributed by atoms with Crippen molar-refractivity contribution in [3.63, 3.8) is 0 Å². The van der Waals surface area contributed by atoms with Crippen molar-refractivity contribution in [2.24, 2.45) is 0 Å². The van der Waals surface area contributed by atoms with Crippen LogP contribution in [0.15, 0.2) is 48.5 Å². The number of phenols is 1. The summed E-state index contributed by atoms with van der Waals surface area (Å²) in [6.07, 6.45) is 3.38. The van der Waals surface area contributed by atoms with Gasteiger partial charge in [-0.05, 0) is 49.7 Å². The summed E-state index contributed by atoms with van der Waals surface area (Å²) in [7, 11) is 1.50. The minimum absolute atomic E-state index is 0.0108. The molecule has 0 bridgehead atoms. The van der Waals surface area contributed by atoms with Crippen molar-refractivity contribution in [2.75, 3.05) is 44.7 Å². The van der Waals surface area contributed by atoms with E-state index >= 15 is 0 Å². The maximum atomic E-state index is 12.4. The molecule has 2 aromatic carbocycles. The third kappa shape index (κ3) is 5.83. The van der Waals surface area contributed by atoms with Crippen LogP contribution in [-0.4, -0.2) is 61.5 Å². The van der Waals surface area contributed by atoms with Gasteiger partial charge in [-0.15, -0.1) is 0 Å². The smallest absolute Gasteiger partial charge is 0.254 e. The lowest BCUT2D eigenvalue weighted by atomic mass is 10.0. The third-order valence-electron chi connectivity index (χ3n) is 5.66. The number of carbonyl (C=O) groups is 2. The van der Waals surface area contributed by atoms with Gasteiger partial charge in [-0.2, -0.15) is 0 Å². The van der Waals surface area contributed by atoms with Crippen molar-refractivity contribution in [2.45, 2.75) is 25.7 Å². The maximum Gasteiger partial charge on any atom is 0.254 e. The highest BCUT2D eigenvalue weighted by Crippen LogP contribution is 2.20. The number of phenolic OH excluding ortho intramolecular Hbond substituents is 1. The Labute approximate surface area is 178 Å². The number of para-hydroxylation sites is 1. The van der Waals surface area contributed by atoms with Gasteiger partial charge in [0.15, 0.2) is 5.78 Å². The van der Waals surface area contributed by atoms with E-state index in [9.17, 15) is 14.7 Å². The van der Waals surface area contributed by atoms with Gasteiger partial charge in [0.1, 0.15) is 5.75 Å². The van der Waals surface area contributed by atoms with E-state index in [1.807, 2.05) is 6.07 Å². The molecule has 1 aliphatic rings. The van der Waals surface area contributed by atoms with E-state index in [2.05, 4.69) is 39.4 Å². The lowest BCUT2D eigenvalue weighted by molar-refractivity contribution is 0.0960. The normalized spacial score (nSPS) is 14.5. The van der Waals surface area contributed by atoms with E-state index in [1.54, 1.807) is 6.07 Å². The topological polar surface area (TPSA) is 72.9 Å². The second kappa shape index (κ2) is 10.8. The zero-order valence-corrected chi connectivity index (χ0v) is 17.6. The fraction of sp³-hybridized carbons (Fsp3) is 0.417. The molecule has 1 saturated heterocycles. The molecule has 0 atom stereocenters. The summed E-state index contributed by atoms with van der Waals surface area (Å²) < 4.78 is 0. The van der Waals surface area contributed by atoms with Crippen LogP contribution in [-0.2, 0) is 0 Å². The van der Waals surface area contributed by atoms with Crippen molar-refractivity contribution < 1.29 is 14.7 Å². The molecule has 6 nitrogen and oxygen atoms in total. The number of benzene rings is 2. The Morgan fingerprint density at radius 3 is 2.40 bits per heavy atom. The van der Waals surface area contributed by atoms with Crippen LogP contribution in [0, 0.1) is 0 Å². The first-order valence-corrected chi connectivity index (χ1v) is 10.7. The molecule has 1 aliphatic heterocycles. The summed E-state index contributed by atoms with van der Waals surface area (Å²) in [5, 5.41) is 12.3. The first-order valence-electron chi connectivity index (χ1n) is 10.7. The number of nitrogens with one attached hydrogen (secondary N) is 1. The summed E-state index contributed by atoms with van der Waals surface area (Å²) in [4.78, 5) is 29.1. The molecule has 160 valence electrons. The number of piperazine rings is 1. The molecule has 2 N–H and O–H groups in total. The lowest BCUT2D eigenvalue weighted by Crippen LogP contribution is -2.46. The Bertz CT molecular complexity index is 846. The number of Topliss-reactive ketones (excluding diaryl/α,β-unsaturated/α-hetero) is 1. The van der Waals surface area contributed by atoms with Crippen LogP contribution in [0.1, 0.15) is 46.4 Å². The van der Waals surface area contributed by atoms with Gasteiger partial charge >= 0.3 is 0 Å². The molecule has 3 rings (SSSR count). The molecule has 0 saturated carbocycles. The number of anilines is 1. The Morgan fingerprint density at radius 1 is 0.967 bits per heavy atom. The van der Waals surface area contributed by atoms with Crippen LogP contribution < -0.4 is 10.2 Å². The molecule has 0 spiro atoms. The van der Waals surface area contributed by atoms with E-state index in [-0.39, 0.29) is 17.1 Å². The number of carbonyl (C=O) groups excluding carboxylic acids is 2. The van der Waals surface area contributed by atoms with Gasteiger partial charge in [0.25, 0.3) is 5.91 Å². The maximum absolute atomic E-state index is 12.4. The predicted octanol–water partition coefficient (Wildman–Crippen LogP) is 3.32. The molecule has 1 heterocycles. The van der Waals surface area contributed by atoms with Gasteiger partial charge in [-0.3, -0.25) is 14.5 Å². The quantitative estimate of drug-likeness (QED) is 0.491. The molecule has 0 radical (unpaired) electrons. The number of rotatable bonds is 9. The molecule has 0 aromatic heterocycles. The SMILES string of the molecule is CNC(=O)c1cc(C(=O)CCCCCN2CCN(c3ccccc3)CC2)ccc1O. The van der Waals surface area contributed by atoms with Crippen LogP contribution in [0.25, 0.3) is 0 Å². The van der Waals surface area contributed by atoms with Crippen LogP contribution in [0.5, 0.6) is 5.75 Å². The minimum Gasteiger partial charge on any atom is -0.507 e. The molecule has 1 fully saturated rings. The van der Waals surface area contributed by atoms with Gasteiger partial charge in [0.2, 0.25) is 0 Å². The highest BCUT2D eigenvalue weighted by molar-refractivity contribution is 6.02. The summed E-state index contributed by atoms with van der Waals surface area (Å²) in [6.45, 7) is 5.32. The summed E-state index contributed by atoms with van der Waals surface area (Å²) >= 11 is 0. The highest BCUT2D eigenvalue weighted by atomic mass is 16.3. The largest absolute Gasteiger partial charge is 0.507 e. The molecule has 0 unspecified atom stereocenters. The number of amides is 1. The van der Waals surface area contributed by atoms with E-state index in [4.69, 9.17) is 0 Å². The van der Waals surface area contributed by atoms with E-state index in [0.717, 1.165) is 52.0 Å². The molecule has 1 amide bonds. The zero-order chi connectivity index (χ0) is 21.3. The Morgan fingerprint density at radius 2 is 1.70 bits per heavy atom. The van der Waals surface area contributed by atoms with Gasteiger partial charge in [-0.1, -0.05) is 24.6 Å². The van der Waals surface area contributed by atoms with Crippen molar-refractivity contribution in [1.82, 2.24) is 10.2 Å². The molecular weight excluding hydrogens is 378 g/mol. The first-order chi connectivity index (χ1) is 14.6. The Kier molecular flexibility index (Phi) is 7.85. The van der Waals surface area contributed by atoms with E-state index in [1.165, 1.54) is 24.9 Å². The van der Waals surface area contributed by atoms with Gasteiger partial charge in [0, 0.05) is 50.9 Å². The fourth-order valence-corrected chi connectivity index (χ4v) is 3.84. The van der Waals surface area contributed by atoms with E-state index in [0.29, 0.717) is 12.0 Å². The molecule has 2 aromatic rings. The monoisotopic (exact) mass is 409 g/mol. The van der Waals surface area contributed by atoms with Gasteiger partial charge in [0.05, 0.1) is 5.56 Å². The standard InChI is InChI=1S/C24H31N3O3/c1-25-24(30)21-18-19(11-12-23(21)29)22(28)10-6-3-7-13-26-14-16-27(17-15-26)20-8-4-2-5-9-20/h2,4-5,8-9,11-12,18,29H,3,6-7,10,13-17H2,1H3,(H,25,30). The lowest BCUT2D eigenvalue weighted by Gasteiger charge is -2.36. The Balaban J connectivity index is 1.35. The summed E-state index contributed by atoms with van der Waals surface area (Å²) in [5.41, 5.74) is 1.91. The summed E-state index contributed by atoms with van der Waals surface area (Å²) in [5.74, 6) is -0.496.